The minimum atomic E-state index is -0.879. The minimum absolute atomic E-state index is 0.570. The number of carbonyl (C=O) groups is 1. The van der Waals surface area contributed by atoms with E-state index in [2.05, 4.69) is 12.2 Å². The lowest BCUT2D eigenvalue weighted by Gasteiger charge is -2.31. The first-order valence-electron chi connectivity index (χ1n) is 6.80. The molecule has 0 aromatic heterocycles. The van der Waals surface area contributed by atoms with Crippen molar-refractivity contribution in [2.45, 2.75) is 44.6 Å². The van der Waals surface area contributed by atoms with Gasteiger partial charge in [0.05, 0.1) is 10.7 Å². The van der Waals surface area contributed by atoms with E-state index in [-0.39, 0.29) is 0 Å². The van der Waals surface area contributed by atoms with Gasteiger partial charge in [0.15, 0.2) is 0 Å². The molecule has 0 amide bonds. The van der Waals surface area contributed by atoms with Crippen LogP contribution in [0.1, 0.15) is 39.0 Å². The number of hydrogen-bond acceptors (Lipinski definition) is 2. The van der Waals surface area contributed by atoms with E-state index < -0.39 is 11.5 Å². The van der Waals surface area contributed by atoms with Gasteiger partial charge in [-0.1, -0.05) is 43.5 Å². The zero-order valence-electron chi connectivity index (χ0n) is 11.2. The van der Waals surface area contributed by atoms with Crippen molar-refractivity contribution in [3.8, 4) is 0 Å². The van der Waals surface area contributed by atoms with Crippen molar-refractivity contribution in [2.75, 3.05) is 5.32 Å². The van der Waals surface area contributed by atoms with Crippen LogP contribution in [0.2, 0.25) is 5.02 Å². The van der Waals surface area contributed by atoms with Crippen molar-refractivity contribution < 1.29 is 9.90 Å². The maximum Gasteiger partial charge on any atom is 0.329 e. The largest absolute Gasteiger partial charge is 0.480 e. The Bertz CT molecular complexity index is 463. The summed E-state index contributed by atoms with van der Waals surface area (Å²) in [4.78, 5) is 11.7. The Balaban J connectivity index is 2.25. The molecule has 4 heteroatoms. The summed E-state index contributed by atoms with van der Waals surface area (Å²) >= 11 is 6.12. The number of carboxylic acid groups (broad SMARTS) is 1. The Hall–Kier alpha value is -1.22. The molecule has 0 radical (unpaired) electrons. The molecule has 1 aromatic rings. The number of rotatable bonds is 3. The van der Waals surface area contributed by atoms with Crippen LogP contribution in [0.4, 0.5) is 5.69 Å². The quantitative estimate of drug-likeness (QED) is 0.817. The number of carboxylic acids is 1. The van der Waals surface area contributed by atoms with Crippen molar-refractivity contribution in [2.24, 2.45) is 5.92 Å². The van der Waals surface area contributed by atoms with Crippen LogP contribution in [0, 0.1) is 5.92 Å². The van der Waals surface area contributed by atoms with Gasteiger partial charge in [-0.15, -0.1) is 0 Å². The Morgan fingerprint density at radius 2 is 2.11 bits per heavy atom. The monoisotopic (exact) mass is 281 g/mol. The van der Waals surface area contributed by atoms with Crippen molar-refractivity contribution in [3.63, 3.8) is 0 Å². The Morgan fingerprint density at radius 3 is 2.79 bits per heavy atom. The molecule has 104 valence electrons. The van der Waals surface area contributed by atoms with Gasteiger partial charge >= 0.3 is 5.97 Å². The lowest BCUT2D eigenvalue weighted by molar-refractivity contribution is -0.142. The summed E-state index contributed by atoms with van der Waals surface area (Å²) < 4.78 is 0. The first-order chi connectivity index (χ1) is 9.03. The highest BCUT2D eigenvalue weighted by molar-refractivity contribution is 6.33. The van der Waals surface area contributed by atoms with Crippen LogP contribution in [0.5, 0.6) is 0 Å². The van der Waals surface area contributed by atoms with Gasteiger partial charge in [-0.25, -0.2) is 4.79 Å². The molecule has 2 N–H and O–H groups in total. The normalized spacial score (nSPS) is 27.6. The van der Waals surface area contributed by atoms with Crippen LogP contribution in [0.15, 0.2) is 24.3 Å². The fourth-order valence-electron chi connectivity index (χ4n) is 2.73. The molecule has 0 saturated heterocycles. The van der Waals surface area contributed by atoms with E-state index in [0.29, 0.717) is 29.5 Å². The van der Waals surface area contributed by atoms with Gasteiger partial charge in [-0.3, -0.25) is 0 Å². The van der Waals surface area contributed by atoms with Crippen LogP contribution in [-0.2, 0) is 4.79 Å². The summed E-state index contributed by atoms with van der Waals surface area (Å²) in [7, 11) is 0. The second kappa shape index (κ2) is 5.83. The molecule has 0 heterocycles. The first-order valence-corrected chi connectivity index (χ1v) is 7.17. The van der Waals surface area contributed by atoms with Crippen LogP contribution in [0.25, 0.3) is 0 Å². The van der Waals surface area contributed by atoms with E-state index in [4.69, 9.17) is 11.6 Å². The van der Waals surface area contributed by atoms with Crippen molar-refractivity contribution in [1.82, 2.24) is 0 Å². The fourth-order valence-corrected chi connectivity index (χ4v) is 2.91. The fraction of sp³-hybridized carbons (Fsp3) is 0.533. The molecule has 2 atom stereocenters. The molecule has 0 aliphatic heterocycles. The molecule has 1 aliphatic rings. The summed E-state index contributed by atoms with van der Waals surface area (Å²) in [6.45, 7) is 2.19. The SMILES string of the molecule is CC1CCCC(Nc2ccccc2Cl)(C(=O)O)CC1. The third-order valence-corrected chi connectivity index (χ3v) is 4.35. The summed E-state index contributed by atoms with van der Waals surface area (Å²) in [5.41, 5.74) is -0.170. The number of hydrogen-bond donors (Lipinski definition) is 2. The standard InChI is InChI=1S/C15H20ClNO2/c1-11-5-4-9-15(10-8-11,14(18)19)17-13-7-3-2-6-12(13)16/h2-3,6-7,11,17H,4-5,8-10H2,1H3,(H,18,19). The highest BCUT2D eigenvalue weighted by Gasteiger charge is 2.39. The third kappa shape index (κ3) is 3.21. The molecule has 1 aromatic carbocycles. The zero-order chi connectivity index (χ0) is 13.9. The summed E-state index contributed by atoms with van der Waals surface area (Å²) in [5.74, 6) is -0.184. The van der Waals surface area contributed by atoms with E-state index >= 15 is 0 Å². The van der Waals surface area contributed by atoms with Crippen molar-refractivity contribution in [1.29, 1.82) is 0 Å². The first kappa shape index (κ1) is 14.2. The van der Waals surface area contributed by atoms with E-state index in [1.165, 1.54) is 0 Å². The average Bonchev–Trinajstić information content (AvgIpc) is 2.56. The van der Waals surface area contributed by atoms with Gasteiger partial charge in [0, 0.05) is 0 Å². The molecule has 1 aliphatic carbocycles. The van der Waals surface area contributed by atoms with Gasteiger partial charge in [0.2, 0.25) is 0 Å². The van der Waals surface area contributed by atoms with E-state index in [1.807, 2.05) is 18.2 Å². The minimum Gasteiger partial charge on any atom is -0.480 e. The smallest absolute Gasteiger partial charge is 0.329 e. The van der Waals surface area contributed by atoms with Gasteiger partial charge in [-0.2, -0.15) is 0 Å². The Morgan fingerprint density at radius 1 is 1.37 bits per heavy atom. The number of anilines is 1. The molecule has 0 bridgehead atoms. The average molecular weight is 282 g/mol. The lowest BCUT2D eigenvalue weighted by atomic mass is 9.89. The van der Waals surface area contributed by atoms with E-state index in [9.17, 15) is 9.90 Å². The molecular weight excluding hydrogens is 262 g/mol. The number of benzene rings is 1. The van der Waals surface area contributed by atoms with Crippen LogP contribution in [0.3, 0.4) is 0 Å². The Labute approximate surface area is 119 Å². The summed E-state index contributed by atoms with van der Waals surface area (Å²) in [6, 6.07) is 7.32. The van der Waals surface area contributed by atoms with E-state index in [0.717, 1.165) is 19.3 Å². The summed E-state index contributed by atoms with van der Waals surface area (Å²) in [6.07, 6.45) is 4.26. The molecular formula is C15H20ClNO2. The number of aliphatic carboxylic acids is 1. The third-order valence-electron chi connectivity index (χ3n) is 4.02. The summed E-state index contributed by atoms with van der Waals surface area (Å²) in [5, 5.41) is 13.4. The van der Waals surface area contributed by atoms with Crippen molar-refractivity contribution in [3.05, 3.63) is 29.3 Å². The molecule has 1 saturated carbocycles. The molecule has 19 heavy (non-hydrogen) atoms. The van der Waals surface area contributed by atoms with Gasteiger partial charge < -0.3 is 10.4 Å². The highest BCUT2D eigenvalue weighted by atomic mass is 35.5. The van der Waals surface area contributed by atoms with Crippen LogP contribution in [-0.4, -0.2) is 16.6 Å². The number of para-hydroxylation sites is 1. The number of halogens is 1. The maximum absolute atomic E-state index is 11.7. The topological polar surface area (TPSA) is 49.3 Å². The number of nitrogens with one attached hydrogen (secondary N) is 1. The predicted molar refractivity (Wildman–Crippen MR) is 77.7 cm³/mol. The molecule has 3 nitrogen and oxygen atoms in total. The zero-order valence-corrected chi connectivity index (χ0v) is 11.9. The molecule has 0 spiro atoms. The van der Waals surface area contributed by atoms with Crippen molar-refractivity contribution >= 4 is 23.3 Å². The Kier molecular flexibility index (Phi) is 4.35. The lowest BCUT2D eigenvalue weighted by Crippen LogP contribution is -2.46. The van der Waals surface area contributed by atoms with Gasteiger partial charge in [0.1, 0.15) is 5.54 Å². The molecule has 2 unspecified atom stereocenters. The van der Waals surface area contributed by atoms with Gasteiger partial charge in [-0.05, 0) is 37.3 Å². The molecule has 1 fully saturated rings. The second-order valence-corrected chi connectivity index (χ2v) is 5.94. The van der Waals surface area contributed by atoms with Crippen LogP contribution >= 0.6 is 11.6 Å². The maximum atomic E-state index is 11.7. The molecule has 2 rings (SSSR count). The van der Waals surface area contributed by atoms with E-state index in [1.54, 1.807) is 6.07 Å². The highest BCUT2D eigenvalue weighted by Crippen LogP contribution is 2.35. The van der Waals surface area contributed by atoms with Gasteiger partial charge in [0.25, 0.3) is 0 Å². The van der Waals surface area contributed by atoms with Crippen LogP contribution < -0.4 is 5.32 Å². The predicted octanol–water partition coefficient (Wildman–Crippen LogP) is 4.18. The second-order valence-electron chi connectivity index (χ2n) is 5.53.